The van der Waals surface area contributed by atoms with E-state index in [2.05, 4.69) is 0 Å². The van der Waals surface area contributed by atoms with Gasteiger partial charge in [-0.3, -0.25) is 0 Å². The zero-order valence-corrected chi connectivity index (χ0v) is 9.80. The molecule has 0 fully saturated rings. The van der Waals surface area contributed by atoms with Crippen molar-refractivity contribution in [1.82, 2.24) is 0 Å². The van der Waals surface area contributed by atoms with Crippen LogP contribution in [0.4, 0.5) is 0 Å². The summed E-state index contributed by atoms with van der Waals surface area (Å²) in [6, 6.07) is 0. The van der Waals surface area contributed by atoms with Crippen LogP contribution in [0.5, 0.6) is 0 Å². The van der Waals surface area contributed by atoms with Gasteiger partial charge in [-0.1, -0.05) is 0 Å². The summed E-state index contributed by atoms with van der Waals surface area (Å²) in [7, 11) is -8.67. The van der Waals surface area contributed by atoms with Gasteiger partial charge in [-0.2, -0.15) is 0 Å². The molecule has 0 saturated heterocycles. The van der Waals surface area contributed by atoms with E-state index >= 15 is 0 Å². The van der Waals surface area contributed by atoms with Crippen molar-refractivity contribution >= 4 is 69.7 Å². The predicted molar refractivity (Wildman–Crippen MR) is 67.6 cm³/mol. The van der Waals surface area contributed by atoms with Crippen molar-refractivity contribution in [2.24, 2.45) is 0 Å². The Hall–Kier alpha value is 1.08. The molecule has 0 bridgehead atoms. The van der Waals surface area contributed by atoms with Gasteiger partial charge in [-0.25, -0.2) is 0 Å². The fourth-order valence-corrected chi connectivity index (χ4v) is 0. The molecule has 0 saturated carbocycles. The van der Waals surface area contributed by atoms with Crippen molar-refractivity contribution in [2.45, 2.75) is 0 Å². The van der Waals surface area contributed by atoms with Crippen LogP contribution < -0.4 is 0 Å². The van der Waals surface area contributed by atoms with Gasteiger partial charge >= 0.3 is 52.3 Å². The minimum Gasteiger partial charge on any atom is -1.00 e. The maximum absolute atomic E-state index is 7.17. The van der Waals surface area contributed by atoms with Crippen molar-refractivity contribution in [3.8, 4) is 0 Å². The summed E-state index contributed by atoms with van der Waals surface area (Å²) in [5, 5.41) is 86.0. The van der Waals surface area contributed by atoms with Gasteiger partial charge in [0.1, 0.15) is 0 Å². The Morgan fingerprint density at radius 1 is 0.389 bits per heavy atom. The van der Waals surface area contributed by atoms with Crippen LogP contribution in [0.1, 0.15) is 2.85 Å². The Kier molecular flexibility index (Phi) is 62.4. The molecule has 0 aromatic heterocycles. The van der Waals surface area contributed by atoms with Gasteiger partial charge < -0.3 is 63.1 Å². The number of rotatable bonds is 0. The van der Waals surface area contributed by atoms with Crippen LogP contribution in [0.3, 0.4) is 0 Å². The molecule has 0 rings (SSSR count). The third-order valence-corrected chi connectivity index (χ3v) is 0. The van der Waals surface area contributed by atoms with Crippen molar-refractivity contribution in [1.29, 1.82) is 0 Å². The van der Waals surface area contributed by atoms with E-state index in [1.165, 1.54) is 0 Å². The second-order valence-electron chi connectivity index (χ2n) is 1.39. The quantitative estimate of drug-likeness (QED) is 0.186. The Labute approximate surface area is 133 Å². The average Bonchev–Trinajstić information content (AvgIpc) is 1.76. The SMILES string of the molecule is OB(O)O.OB(O)O.OB(O)O.OB(O)O.[AlH3].[H-].[H-].[Mg+2]. The van der Waals surface area contributed by atoms with Crippen LogP contribution in [-0.4, -0.2) is 130 Å². The van der Waals surface area contributed by atoms with Crippen molar-refractivity contribution in [3.63, 3.8) is 0 Å². The molecule has 0 aliphatic carbocycles. The van der Waals surface area contributed by atoms with Crippen LogP contribution >= 0.6 is 0 Å². The van der Waals surface area contributed by atoms with Crippen LogP contribution in [0.15, 0.2) is 0 Å². The van der Waals surface area contributed by atoms with E-state index in [1.54, 1.807) is 0 Å². The molecular formula is H17AlB4MgO12. The minimum atomic E-state index is -2.17. The van der Waals surface area contributed by atoms with Gasteiger partial charge in [0.2, 0.25) is 0 Å². The normalized spacial score (nSPS) is 6.00. The summed E-state index contributed by atoms with van der Waals surface area (Å²) < 4.78 is 0. The Morgan fingerprint density at radius 3 is 0.389 bits per heavy atom. The van der Waals surface area contributed by atoms with Crippen LogP contribution in [0, 0.1) is 0 Å². The monoisotopic (exact) mass is 304 g/mol. The third kappa shape index (κ3) is 3800. The van der Waals surface area contributed by atoms with Gasteiger partial charge in [0.05, 0.1) is 0 Å². The second-order valence-corrected chi connectivity index (χ2v) is 1.39. The molecule has 0 aliphatic rings. The fraction of sp³-hybridized carbons (Fsp3) is 0. The van der Waals surface area contributed by atoms with Crippen molar-refractivity contribution in [2.75, 3.05) is 0 Å². The maximum atomic E-state index is 7.17. The molecule has 0 radical (unpaired) electrons. The minimum absolute atomic E-state index is 0. The summed E-state index contributed by atoms with van der Waals surface area (Å²) in [6.45, 7) is 0. The smallest absolute Gasteiger partial charge is 1.00 e. The molecule has 0 aromatic rings. The van der Waals surface area contributed by atoms with Gasteiger partial charge in [0.15, 0.2) is 17.4 Å². The molecule has 0 amide bonds. The molecule has 12 N–H and O–H groups in total. The molecule has 0 spiro atoms. The van der Waals surface area contributed by atoms with Gasteiger partial charge in [0.25, 0.3) is 0 Å². The van der Waals surface area contributed by atoms with E-state index in [0.717, 1.165) is 0 Å². The first kappa shape index (κ1) is 36.5. The van der Waals surface area contributed by atoms with Crippen LogP contribution in [0.2, 0.25) is 0 Å². The largest absolute Gasteiger partial charge is 2.00 e. The van der Waals surface area contributed by atoms with Crippen molar-refractivity contribution in [3.05, 3.63) is 0 Å². The van der Waals surface area contributed by atoms with Crippen molar-refractivity contribution < 1.29 is 63.1 Å². The first-order chi connectivity index (χ1) is 6.93. The molecular weight excluding hydrogens is 287 g/mol. The Balaban J connectivity index is -0.0000000150. The van der Waals surface area contributed by atoms with E-state index in [0.29, 0.717) is 0 Å². The van der Waals surface area contributed by atoms with Gasteiger partial charge in [-0.15, -0.1) is 0 Å². The maximum Gasteiger partial charge on any atom is 2.00 e. The Bertz CT molecular complexity index is 76.4. The second kappa shape index (κ2) is 30.8. The van der Waals surface area contributed by atoms with E-state index < -0.39 is 29.3 Å². The predicted octanol–water partition coefficient (Wildman–Crippen LogP) is -9.55. The number of hydrogen-bond acceptors (Lipinski definition) is 12. The molecule has 12 nitrogen and oxygen atoms in total. The molecule has 0 unspecified atom stereocenters. The first-order valence-corrected chi connectivity index (χ1v) is 3.10. The average molecular weight is 304 g/mol. The molecule has 0 aliphatic heterocycles. The van der Waals surface area contributed by atoms with Crippen LogP contribution in [0.25, 0.3) is 0 Å². The van der Waals surface area contributed by atoms with E-state index in [-0.39, 0.29) is 43.3 Å². The summed E-state index contributed by atoms with van der Waals surface area (Å²) in [4.78, 5) is 0. The Morgan fingerprint density at radius 2 is 0.389 bits per heavy atom. The van der Waals surface area contributed by atoms with E-state index in [1.807, 2.05) is 0 Å². The molecule has 0 atom stereocenters. The summed E-state index contributed by atoms with van der Waals surface area (Å²) >= 11 is 0. The number of hydrogen-bond donors (Lipinski definition) is 12. The molecule has 0 aromatic carbocycles. The summed E-state index contributed by atoms with van der Waals surface area (Å²) in [5.74, 6) is 0. The molecule has 18 heavy (non-hydrogen) atoms. The molecule has 18 heteroatoms. The van der Waals surface area contributed by atoms with Crippen LogP contribution in [-0.2, 0) is 0 Å². The standard InChI is InChI=1S/Al.4BH3O3.Mg.5H/c;4*2-1(3)4;;;;;;/h;4*2-4H;;;;;;/q;;;;;+2;;;;2*-1. The molecule has 106 valence electrons. The third-order valence-electron chi connectivity index (χ3n) is 0. The van der Waals surface area contributed by atoms with Gasteiger partial charge in [0, 0.05) is 0 Å². The summed E-state index contributed by atoms with van der Waals surface area (Å²) in [5.41, 5.74) is 0. The van der Waals surface area contributed by atoms with Gasteiger partial charge in [-0.05, 0) is 0 Å². The zero-order valence-electron chi connectivity index (χ0n) is 10.4. The summed E-state index contributed by atoms with van der Waals surface area (Å²) in [6.07, 6.45) is 0. The molecule has 0 heterocycles. The van der Waals surface area contributed by atoms with E-state index in [9.17, 15) is 0 Å². The topological polar surface area (TPSA) is 243 Å². The van der Waals surface area contributed by atoms with E-state index in [4.69, 9.17) is 60.3 Å². The zero-order chi connectivity index (χ0) is 14.3. The fourth-order valence-electron chi connectivity index (χ4n) is 0. The first-order valence-electron chi connectivity index (χ1n) is 3.10.